The van der Waals surface area contributed by atoms with E-state index in [0.717, 1.165) is 48.3 Å². The van der Waals surface area contributed by atoms with E-state index in [9.17, 15) is 9.90 Å². The number of thiazole rings is 1. The maximum atomic E-state index is 11.2. The highest BCUT2D eigenvalue weighted by atomic mass is 32.1. The molecule has 0 spiro atoms. The van der Waals surface area contributed by atoms with E-state index in [-0.39, 0.29) is 21.9 Å². The molecule has 0 fully saturated rings. The lowest BCUT2D eigenvalue weighted by Crippen LogP contribution is -2.43. The number of aromatic nitrogens is 1. The molecule has 33 heavy (non-hydrogen) atoms. The summed E-state index contributed by atoms with van der Waals surface area (Å²) >= 11 is 1.13. The molecule has 4 nitrogen and oxygen atoms in total. The first kappa shape index (κ1) is 30.0. The lowest BCUT2D eigenvalue weighted by molar-refractivity contribution is 0.220. The average molecular weight is 496 g/mol. The van der Waals surface area contributed by atoms with Crippen molar-refractivity contribution < 1.29 is 9.53 Å². The molecule has 0 aliphatic heterocycles. The van der Waals surface area contributed by atoms with Crippen LogP contribution in [0, 0.1) is 11.8 Å². The maximum Gasteiger partial charge on any atom is 0.307 e. The van der Waals surface area contributed by atoms with Gasteiger partial charge >= 0.3 is 4.87 Å². The monoisotopic (exact) mass is 495 g/mol. The minimum absolute atomic E-state index is 0.0642. The number of unbranched alkanes of at least 4 members (excludes halogenated alkanes) is 10. The third kappa shape index (κ3) is 12.9. The van der Waals surface area contributed by atoms with Gasteiger partial charge in [-0.25, -0.2) is 0 Å². The largest absolute Gasteiger partial charge is 0.494 e. The molecule has 0 unspecified atom stereocenters. The molecule has 1 rings (SSSR count). The van der Waals surface area contributed by atoms with E-state index in [1.165, 1.54) is 57.8 Å². The van der Waals surface area contributed by atoms with Gasteiger partial charge in [-0.15, -0.1) is 5.92 Å². The van der Waals surface area contributed by atoms with Crippen LogP contribution in [0.25, 0.3) is 0 Å². The molecule has 6 heteroatoms. The molecule has 0 bridgehead atoms. The molecule has 0 aliphatic carbocycles. The van der Waals surface area contributed by atoms with E-state index in [2.05, 4.69) is 57.6 Å². The summed E-state index contributed by atoms with van der Waals surface area (Å²) in [6.07, 6.45) is 16.4. The third-order valence-electron chi connectivity index (χ3n) is 6.73. The average Bonchev–Trinajstić information content (AvgIpc) is 3.05. The van der Waals surface area contributed by atoms with Crippen LogP contribution in [0.5, 0.6) is 5.88 Å². The lowest BCUT2D eigenvalue weighted by Gasteiger charge is -2.38. The molecular weight excluding hydrogens is 446 g/mol. The van der Waals surface area contributed by atoms with Crippen molar-refractivity contribution >= 4 is 19.7 Å². The molecule has 0 aliphatic rings. The van der Waals surface area contributed by atoms with Gasteiger partial charge in [0.1, 0.15) is 6.10 Å². The molecule has 0 aromatic carbocycles. The van der Waals surface area contributed by atoms with E-state index >= 15 is 0 Å². The molecule has 1 aromatic heterocycles. The topological polar surface area (TPSA) is 62.3 Å². The standard InChI is InChI=1S/C27H49NO3SSi/c1-7-8-20-23(31-33(5,6)27(2,3)4)21-18-16-14-12-10-9-11-13-15-17-19-22-24-25(29)28-26(30)32-24/h23,29H,7-17,19-20,22H2,1-6H3,(H,28,30)/t23-/m1/s1. The second-order valence-electron chi connectivity index (χ2n) is 10.8. The summed E-state index contributed by atoms with van der Waals surface area (Å²) in [5.41, 5.74) is 0. The van der Waals surface area contributed by atoms with E-state index in [0.29, 0.717) is 0 Å². The van der Waals surface area contributed by atoms with E-state index in [1.807, 2.05) is 0 Å². The van der Waals surface area contributed by atoms with Gasteiger partial charge in [0.15, 0.2) is 8.32 Å². The lowest BCUT2D eigenvalue weighted by atomic mass is 10.1. The van der Waals surface area contributed by atoms with E-state index < -0.39 is 8.32 Å². The van der Waals surface area contributed by atoms with Crippen molar-refractivity contribution in [1.82, 2.24) is 4.98 Å². The molecule has 2 N–H and O–H groups in total. The SMILES string of the molecule is CCCC[C@H](C#CCCCCCCCCCCCc1sc(=O)[nH]c1O)O[Si](C)(C)C(C)(C)C. The van der Waals surface area contributed by atoms with Crippen molar-refractivity contribution in [1.29, 1.82) is 0 Å². The summed E-state index contributed by atoms with van der Waals surface area (Å²) < 4.78 is 6.57. The number of aromatic hydroxyl groups is 1. The number of hydrogen-bond donors (Lipinski definition) is 2. The number of nitrogens with one attached hydrogen (secondary N) is 1. The van der Waals surface area contributed by atoms with Crippen LogP contribution < -0.4 is 4.87 Å². The summed E-state index contributed by atoms with van der Waals surface area (Å²) in [6, 6.07) is 0. The fourth-order valence-corrected chi connectivity index (χ4v) is 5.53. The summed E-state index contributed by atoms with van der Waals surface area (Å²) in [5.74, 6) is 6.94. The van der Waals surface area contributed by atoms with Crippen LogP contribution in [0.4, 0.5) is 0 Å². The molecular formula is C27H49NO3SSi. The predicted octanol–water partition coefficient (Wildman–Crippen LogP) is 8.17. The molecule has 1 atom stereocenters. The van der Waals surface area contributed by atoms with Crippen LogP contribution in [0.15, 0.2) is 4.79 Å². The van der Waals surface area contributed by atoms with Crippen LogP contribution in [-0.4, -0.2) is 24.5 Å². The summed E-state index contributed by atoms with van der Waals surface area (Å²) in [4.78, 5) is 14.2. The Hall–Kier alpha value is -1.03. The Morgan fingerprint density at radius 1 is 1.00 bits per heavy atom. The molecule has 1 heterocycles. The van der Waals surface area contributed by atoms with Crippen molar-refractivity contribution in [3.63, 3.8) is 0 Å². The van der Waals surface area contributed by atoms with Crippen molar-refractivity contribution in [3.05, 3.63) is 14.5 Å². The molecule has 0 saturated heterocycles. The first-order valence-corrected chi connectivity index (χ1v) is 16.9. The molecule has 0 radical (unpaired) electrons. The Morgan fingerprint density at radius 2 is 1.58 bits per heavy atom. The normalized spacial score (nSPS) is 13.0. The van der Waals surface area contributed by atoms with Crippen molar-refractivity contribution in [2.75, 3.05) is 0 Å². The zero-order chi connectivity index (χ0) is 24.7. The minimum atomic E-state index is -1.77. The van der Waals surface area contributed by atoms with Gasteiger partial charge in [-0.05, 0) is 43.8 Å². The zero-order valence-corrected chi connectivity index (χ0v) is 24.0. The Kier molecular flexibility index (Phi) is 14.4. The van der Waals surface area contributed by atoms with Gasteiger partial charge in [0.25, 0.3) is 0 Å². The van der Waals surface area contributed by atoms with Gasteiger partial charge < -0.3 is 9.53 Å². The minimum Gasteiger partial charge on any atom is -0.494 e. The van der Waals surface area contributed by atoms with Gasteiger partial charge in [-0.1, -0.05) is 103 Å². The fourth-order valence-electron chi connectivity index (χ4n) is 3.53. The van der Waals surface area contributed by atoms with Crippen LogP contribution in [0.2, 0.25) is 18.1 Å². The van der Waals surface area contributed by atoms with Crippen LogP contribution >= 0.6 is 11.3 Å². The van der Waals surface area contributed by atoms with Crippen molar-refractivity contribution in [2.45, 2.75) is 142 Å². The summed E-state index contributed by atoms with van der Waals surface area (Å²) in [6.45, 7) is 13.8. The van der Waals surface area contributed by atoms with Gasteiger partial charge in [-0.3, -0.25) is 9.78 Å². The third-order valence-corrected chi connectivity index (χ3v) is 12.1. The number of rotatable bonds is 16. The van der Waals surface area contributed by atoms with E-state index in [4.69, 9.17) is 4.43 Å². The highest BCUT2D eigenvalue weighted by molar-refractivity contribution is 7.09. The van der Waals surface area contributed by atoms with Crippen LogP contribution in [0.3, 0.4) is 0 Å². The second kappa shape index (κ2) is 15.8. The highest BCUT2D eigenvalue weighted by Gasteiger charge is 2.38. The van der Waals surface area contributed by atoms with Gasteiger partial charge in [0, 0.05) is 6.42 Å². The van der Waals surface area contributed by atoms with Crippen molar-refractivity contribution in [3.8, 4) is 17.7 Å². The Morgan fingerprint density at radius 3 is 2.09 bits per heavy atom. The number of hydrogen-bond acceptors (Lipinski definition) is 4. The Balaban J connectivity index is 2.11. The Labute approximate surface area is 208 Å². The first-order valence-electron chi connectivity index (χ1n) is 13.1. The molecule has 1 aromatic rings. The van der Waals surface area contributed by atoms with Crippen molar-refractivity contribution in [2.24, 2.45) is 0 Å². The highest BCUT2D eigenvalue weighted by Crippen LogP contribution is 2.37. The van der Waals surface area contributed by atoms with Gasteiger partial charge in [0.05, 0.1) is 4.88 Å². The molecule has 0 amide bonds. The second-order valence-corrected chi connectivity index (χ2v) is 16.6. The first-order chi connectivity index (χ1) is 15.6. The zero-order valence-electron chi connectivity index (χ0n) is 22.1. The maximum absolute atomic E-state index is 11.2. The fraction of sp³-hybridized carbons (Fsp3) is 0.815. The molecule has 0 saturated carbocycles. The van der Waals surface area contributed by atoms with E-state index in [1.54, 1.807) is 0 Å². The summed E-state index contributed by atoms with van der Waals surface area (Å²) in [5, 5.41) is 9.81. The van der Waals surface area contributed by atoms with Gasteiger partial charge in [0.2, 0.25) is 5.88 Å². The number of H-pyrrole nitrogens is 1. The van der Waals surface area contributed by atoms with Crippen LogP contribution in [-0.2, 0) is 10.8 Å². The van der Waals surface area contributed by atoms with Crippen LogP contribution in [0.1, 0.15) is 116 Å². The quantitative estimate of drug-likeness (QED) is 0.138. The number of aryl methyl sites for hydroxylation is 1. The predicted molar refractivity (Wildman–Crippen MR) is 146 cm³/mol. The smallest absolute Gasteiger partial charge is 0.307 e. The Bertz CT molecular complexity index is 767. The molecule has 190 valence electrons. The summed E-state index contributed by atoms with van der Waals surface area (Å²) in [7, 11) is -1.77. The van der Waals surface area contributed by atoms with Gasteiger partial charge in [-0.2, -0.15) is 0 Å². The number of aromatic amines is 1.